The molecule has 1 aromatic heterocycles. The molecule has 0 amide bonds. The van der Waals surface area contributed by atoms with Crippen molar-refractivity contribution in [1.82, 2.24) is 9.97 Å². The zero-order valence-corrected chi connectivity index (χ0v) is 16.4. The smallest absolute Gasteiger partial charge is 0.270 e. The minimum Gasteiger partial charge on any atom is -0.490 e. The number of rotatable bonds is 8. The van der Waals surface area contributed by atoms with Crippen LogP contribution in [0.4, 0.5) is 10.3 Å². The number of hydrogen-bond donors (Lipinski definition) is 2. The number of nitrogens with zero attached hydrogens (tertiary/aromatic N) is 3. The molecule has 152 valence electrons. The quantitative estimate of drug-likeness (QED) is 0.334. The van der Waals surface area contributed by atoms with E-state index in [1.165, 1.54) is 12.3 Å². The van der Waals surface area contributed by atoms with E-state index in [1.807, 2.05) is 19.1 Å². The molecule has 0 aliphatic rings. The fourth-order valence-corrected chi connectivity index (χ4v) is 2.64. The lowest BCUT2D eigenvalue weighted by Crippen LogP contribution is -2.16. The van der Waals surface area contributed by atoms with Gasteiger partial charge in [-0.1, -0.05) is 49.7 Å². The van der Waals surface area contributed by atoms with Crippen LogP contribution in [-0.4, -0.2) is 22.8 Å². The maximum Gasteiger partial charge on any atom is 0.270 e. The number of nitriles is 1. The van der Waals surface area contributed by atoms with Gasteiger partial charge in [0.1, 0.15) is 11.6 Å². The Morgan fingerprint density at radius 3 is 2.83 bits per heavy atom. The maximum atomic E-state index is 13.8. The molecule has 0 spiro atoms. The Labute approximate surface area is 172 Å². The summed E-state index contributed by atoms with van der Waals surface area (Å²) in [5.41, 5.74) is 3.49. The molecule has 8 heteroatoms. The lowest BCUT2D eigenvalue weighted by Gasteiger charge is -2.07. The Balaban J connectivity index is 1.80. The summed E-state index contributed by atoms with van der Waals surface area (Å²) in [5.74, 6) is -0.207. The second-order valence-electron chi connectivity index (χ2n) is 6.38. The molecule has 0 aliphatic heterocycles. The van der Waals surface area contributed by atoms with Crippen molar-refractivity contribution in [2.75, 3.05) is 12.0 Å². The van der Waals surface area contributed by atoms with E-state index in [1.54, 1.807) is 36.4 Å². The SMILES string of the molecule is CCCCOc1cc(C=NNc2nc(-c3ccccc3)c(C#N)c(=O)[nH]2)ccc1F. The van der Waals surface area contributed by atoms with Crippen molar-refractivity contribution in [3.8, 4) is 23.1 Å². The first kappa shape index (κ1) is 20.7. The van der Waals surface area contributed by atoms with Gasteiger partial charge in [0, 0.05) is 5.56 Å². The Morgan fingerprint density at radius 1 is 1.30 bits per heavy atom. The van der Waals surface area contributed by atoms with Gasteiger partial charge in [-0.2, -0.15) is 10.4 Å². The highest BCUT2D eigenvalue weighted by molar-refractivity contribution is 5.80. The number of ether oxygens (including phenoxy) is 1. The molecule has 7 nitrogen and oxygen atoms in total. The largest absolute Gasteiger partial charge is 0.490 e. The van der Waals surface area contributed by atoms with Gasteiger partial charge in [0.2, 0.25) is 5.95 Å². The van der Waals surface area contributed by atoms with Crippen LogP contribution < -0.4 is 15.7 Å². The summed E-state index contributed by atoms with van der Waals surface area (Å²) in [5, 5.41) is 13.3. The number of halogens is 1. The van der Waals surface area contributed by atoms with Gasteiger partial charge in [-0.05, 0) is 24.1 Å². The molecular weight excluding hydrogens is 385 g/mol. The summed E-state index contributed by atoms with van der Waals surface area (Å²) >= 11 is 0. The van der Waals surface area contributed by atoms with Crippen molar-refractivity contribution in [3.05, 3.63) is 75.8 Å². The van der Waals surface area contributed by atoms with Crippen LogP contribution in [0.2, 0.25) is 0 Å². The summed E-state index contributed by atoms with van der Waals surface area (Å²) in [4.78, 5) is 19.0. The summed E-state index contributed by atoms with van der Waals surface area (Å²) in [6, 6.07) is 15.2. The molecule has 1 heterocycles. The molecule has 0 bridgehead atoms. The summed E-state index contributed by atoms with van der Waals surface area (Å²) in [6.45, 7) is 2.46. The molecule has 0 radical (unpaired) electrons. The van der Waals surface area contributed by atoms with E-state index in [-0.39, 0.29) is 23.0 Å². The van der Waals surface area contributed by atoms with Gasteiger partial charge in [-0.15, -0.1) is 0 Å². The molecule has 0 unspecified atom stereocenters. The predicted octanol–water partition coefficient (Wildman–Crippen LogP) is 4.07. The molecule has 0 atom stereocenters. The maximum absolute atomic E-state index is 13.8. The van der Waals surface area contributed by atoms with Crippen molar-refractivity contribution in [2.45, 2.75) is 19.8 Å². The van der Waals surface area contributed by atoms with Gasteiger partial charge in [-0.3, -0.25) is 9.78 Å². The number of anilines is 1. The molecule has 3 rings (SSSR count). The highest BCUT2D eigenvalue weighted by atomic mass is 19.1. The van der Waals surface area contributed by atoms with Gasteiger partial charge in [0.25, 0.3) is 5.56 Å². The first-order valence-electron chi connectivity index (χ1n) is 9.43. The van der Waals surface area contributed by atoms with Gasteiger partial charge >= 0.3 is 0 Å². The van der Waals surface area contributed by atoms with Crippen molar-refractivity contribution in [2.24, 2.45) is 5.10 Å². The Bertz CT molecular complexity index is 1140. The number of aromatic nitrogens is 2. The average molecular weight is 405 g/mol. The van der Waals surface area contributed by atoms with E-state index in [9.17, 15) is 14.4 Å². The second-order valence-corrected chi connectivity index (χ2v) is 6.38. The van der Waals surface area contributed by atoms with Crippen LogP contribution in [0, 0.1) is 17.1 Å². The summed E-state index contributed by atoms with van der Waals surface area (Å²) in [6.07, 6.45) is 3.24. The van der Waals surface area contributed by atoms with Gasteiger partial charge in [0.05, 0.1) is 18.5 Å². The fourth-order valence-electron chi connectivity index (χ4n) is 2.64. The summed E-state index contributed by atoms with van der Waals surface area (Å²) in [7, 11) is 0. The third kappa shape index (κ3) is 5.08. The van der Waals surface area contributed by atoms with E-state index in [4.69, 9.17) is 4.74 Å². The van der Waals surface area contributed by atoms with Crippen molar-refractivity contribution >= 4 is 12.2 Å². The van der Waals surface area contributed by atoms with E-state index in [0.29, 0.717) is 17.7 Å². The van der Waals surface area contributed by atoms with E-state index < -0.39 is 11.4 Å². The van der Waals surface area contributed by atoms with E-state index in [0.717, 1.165) is 12.8 Å². The van der Waals surface area contributed by atoms with Crippen LogP contribution in [0.15, 0.2) is 58.4 Å². The number of H-pyrrole nitrogens is 1. The number of benzene rings is 2. The number of hydrazone groups is 1. The number of hydrogen-bond acceptors (Lipinski definition) is 6. The zero-order chi connectivity index (χ0) is 21.3. The van der Waals surface area contributed by atoms with Crippen LogP contribution in [-0.2, 0) is 0 Å². The Morgan fingerprint density at radius 2 is 2.10 bits per heavy atom. The Hall–Kier alpha value is -3.99. The van der Waals surface area contributed by atoms with Crippen LogP contribution in [0.25, 0.3) is 11.3 Å². The minimum absolute atomic E-state index is 0.0793. The Kier molecular flexibility index (Phi) is 6.90. The van der Waals surface area contributed by atoms with Crippen LogP contribution in [0.3, 0.4) is 0 Å². The number of nitrogens with one attached hydrogen (secondary N) is 2. The average Bonchev–Trinajstić information content (AvgIpc) is 2.76. The minimum atomic E-state index is -0.572. The highest BCUT2D eigenvalue weighted by Gasteiger charge is 2.12. The molecule has 0 saturated carbocycles. The van der Waals surface area contributed by atoms with E-state index >= 15 is 0 Å². The molecule has 0 saturated heterocycles. The molecule has 30 heavy (non-hydrogen) atoms. The molecule has 2 aromatic carbocycles. The van der Waals surface area contributed by atoms with Crippen molar-refractivity contribution < 1.29 is 9.13 Å². The third-order valence-electron chi connectivity index (χ3n) is 4.17. The monoisotopic (exact) mass is 405 g/mol. The van der Waals surface area contributed by atoms with Gasteiger partial charge in [-0.25, -0.2) is 14.8 Å². The molecular formula is C22H20FN5O2. The molecule has 0 aliphatic carbocycles. The topological polar surface area (TPSA) is 103 Å². The number of aromatic amines is 1. The lowest BCUT2D eigenvalue weighted by molar-refractivity contribution is 0.294. The molecule has 2 N–H and O–H groups in total. The van der Waals surface area contributed by atoms with Crippen LogP contribution in [0.5, 0.6) is 5.75 Å². The van der Waals surface area contributed by atoms with E-state index in [2.05, 4.69) is 20.5 Å². The molecule has 3 aromatic rings. The predicted molar refractivity (Wildman–Crippen MR) is 113 cm³/mol. The normalized spacial score (nSPS) is 10.7. The zero-order valence-electron chi connectivity index (χ0n) is 16.4. The fraction of sp³-hybridized carbons (Fsp3) is 0.182. The summed E-state index contributed by atoms with van der Waals surface area (Å²) < 4.78 is 19.3. The van der Waals surface area contributed by atoms with Crippen LogP contribution >= 0.6 is 0 Å². The third-order valence-corrected chi connectivity index (χ3v) is 4.17. The lowest BCUT2D eigenvalue weighted by atomic mass is 10.1. The van der Waals surface area contributed by atoms with Gasteiger partial charge in [0.15, 0.2) is 11.6 Å². The van der Waals surface area contributed by atoms with Crippen LogP contribution in [0.1, 0.15) is 30.9 Å². The number of unbranched alkanes of at least 4 members (excludes halogenated alkanes) is 1. The van der Waals surface area contributed by atoms with Gasteiger partial charge < -0.3 is 4.74 Å². The first-order valence-corrected chi connectivity index (χ1v) is 9.43. The highest BCUT2D eigenvalue weighted by Crippen LogP contribution is 2.20. The standard InChI is InChI=1S/C22H20FN5O2/c1-2-3-11-30-19-12-15(9-10-18(19)23)14-25-28-22-26-20(16-7-5-4-6-8-16)17(13-24)21(29)27-22/h4-10,12,14H,2-3,11H2,1H3,(H2,26,27,28,29). The molecule has 0 fully saturated rings. The first-order chi connectivity index (χ1) is 14.6. The van der Waals surface area contributed by atoms with Crippen molar-refractivity contribution in [3.63, 3.8) is 0 Å². The van der Waals surface area contributed by atoms with Crippen molar-refractivity contribution in [1.29, 1.82) is 5.26 Å². The second kappa shape index (κ2) is 9.98.